The number of anilines is 1. The lowest BCUT2D eigenvalue weighted by atomic mass is 10.1. The number of hydrogen-bond acceptors (Lipinski definition) is 5. The minimum atomic E-state index is -0.486. The van der Waals surface area contributed by atoms with Gasteiger partial charge in [-0.1, -0.05) is 42.5 Å². The van der Waals surface area contributed by atoms with Gasteiger partial charge in [0, 0.05) is 25.8 Å². The zero-order valence-corrected chi connectivity index (χ0v) is 17.4. The van der Waals surface area contributed by atoms with Gasteiger partial charge in [0.2, 0.25) is 5.96 Å². The second-order valence-corrected chi connectivity index (χ2v) is 8.16. The smallest absolute Gasteiger partial charge is 0.325 e. The van der Waals surface area contributed by atoms with Crippen LogP contribution in [0.15, 0.2) is 53.5 Å². The Labute approximate surface area is 176 Å². The molecule has 30 heavy (non-hydrogen) atoms. The average Bonchev–Trinajstić information content (AvgIpc) is 3.31. The molecule has 3 aliphatic heterocycles. The largest absolute Gasteiger partial charge is 0.328 e. The number of rotatable bonds is 3. The van der Waals surface area contributed by atoms with Crippen LogP contribution in [-0.2, 0) is 11.3 Å². The molecule has 3 aliphatic rings. The molecule has 2 aromatic carbocycles. The molecular formula is C23H25N5O2. The van der Waals surface area contributed by atoms with Crippen LogP contribution in [0.1, 0.15) is 16.7 Å². The van der Waals surface area contributed by atoms with Gasteiger partial charge in [-0.05, 0) is 36.6 Å². The molecule has 2 atom stereocenters. The molecule has 5 rings (SSSR count). The standard InChI is InChI=1S/C23H25N5O2/c1-15-8-4-6-10-17(15)14-28-21(29)19-20(25(3)23(28)30)24-22-26(12-13-27(19)22)18-11-7-5-9-16(18)2/h4-11,19-20H,12-14H2,1-3H3. The fourth-order valence-electron chi connectivity index (χ4n) is 4.63. The van der Waals surface area contributed by atoms with Crippen molar-refractivity contribution < 1.29 is 9.59 Å². The Morgan fingerprint density at radius 3 is 2.40 bits per heavy atom. The Balaban J connectivity index is 1.46. The molecule has 0 saturated carbocycles. The van der Waals surface area contributed by atoms with Gasteiger partial charge in [0.25, 0.3) is 5.91 Å². The Morgan fingerprint density at radius 1 is 0.967 bits per heavy atom. The second-order valence-electron chi connectivity index (χ2n) is 8.16. The van der Waals surface area contributed by atoms with E-state index >= 15 is 0 Å². The first kappa shape index (κ1) is 18.7. The van der Waals surface area contributed by atoms with E-state index in [-0.39, 0.29) is 18.5 Å². The van der Waals surface area contributed by atoms with Crippen molar-refractivity contribution in [3.63, 3.8) is 0 Å². The SMILES string of the molecule is Cc1ccccc1CN1C(=O)C2C(N=C3N(c4ccccc4C)CCN32)N(C)C1=O. The number of aliphatic imine (C=N–C) groups is 1. The lowest BCUT2D eigenvalue weighted by Gasteiger charge is -2.40. The number of fused-ring (bicyclic) bond motifs is 3. The number of likely N-dealkylation sites (N-methyl/N-ethyl adjacent to an activating group) is 1. The molecule has 7 heteroatoms. The van der Waals surface area contributed by atoms with Crippen LogP contribution in [0.2, 0.25) is 0 Å². The van der Waals surface area contributed by atoms with E-state index in [1.165, 1.54) is 4.90 Å². The molecule has 0 N–H and O–H groups in total. The summed E-state index contributed by atoms with van der Waals surface area (Å²) in [5.41, 5.74) is 4.30. The number of carbonyl (C=O) groups is 2. The number of benzene rings is 2. The Kier molecular flexibility index (Phi) is 4.27. The van der Waals surface area contributed by atoms with Gasteiger partial charge in [-0.2, -0.15) is 0 Å². The van der Waals surface area contributed by atoms with E-state index in [1.807, 2.05) is 43.3 Å². The highest BCUT2D eigenvalue weighted by Crippen LogP contribution is 2.34. The van der Waals surface area contributed by atoms with Crippen molar-refractivity contribution in [3.05, 3.63) is 65.2 Å². The molecule has 2 fully saturated rings. The maximum absolute atomic E-state index is 13.5. The van der Waals surface area contributed by atoms with E-state index in [1.54, 1.807) is 11.9 Å². The highest BCUT2D eigenvalue weighted by molar-refractivity contribution is 6.08. The number of urea groups is 1. The quantitative estimate of drug-likeness (QED) is 0.791. The number of guanidine groups is 1. The van der Waals surface area contributed by atoms with Crippen LogP contribution in [0.3, 0.4) is 0 Å². The van der Waals surface area contributed by atoms with Gasteiger partial charge in [0.1, 0.15) is 0 Å². The minimum Gasteiger partial charge on any atom is -0.325 e. The van der Waals surface area contributed by atoms with Gasteiger partial charge in [-0.25, -0.2) is 9.79 Å². The summed E-state index contributed by atoms with van der Waals surface area (Å²) in [6, 6.07) is 15.3. The summed E-state index contributed by atoms with van der Waals surface area (Å²) in [5, 5.41) is 0. The molecule has 2 saturated heterocycles. The van der Waals surface area contributed by atoms with Crippen LogP contribution >= 0.6 is 0 Å². The van der Waals surface area contributed by atoms with E-state index in [2.05, 4.69) is 28.9 Å². The number of aryl methyl sites for hydroxylation is 2. The molecule has 0 spiro atoms. The van der Waals surface area contributed by atoms with E-state index in [4.69, 9.17) is 4.99 Å². The first-order chi connectivity index (χ1) is 14.5. The van der Waals surface area contributed by atoms with Gasteiger partial charge < -0.3 is 14.7 Å². The lowest BCUT2D eigenvalue weighted by Crippen LogP contribution is -2.64. The number of imide groups is 1. The zero-order valence-electron chi connectivity index (χ0n) is 17.4. The second kappa shape index (κ2) is 6.86. The van der Waals surface area contributed by atoms with Crippen LogP contribution in [0.4, 0.5) is 10.5 Å². The maximum atomic E-state index is 13.5. The van der Waals surface area contributed by atoms with E-state index in [0.29, 0.717) is 6.54 Å². The molecule has 154 valence electrons. The van der Waals surface area contributed by atoms with Crippen LogP contribution in [0.25, 0.3) is 0 Å². The van der Waals surface area contributed by atoms with Gasteiger partial charge in [0.05, 0.1) is 6.54 Å². The summed E-state index contributed by atoms with van der Waals surface area (Å²) in [7, 11) is 1.74. The van der Waals surface area contributed by atoms with E-state index in [0.717, 1.165) is 34.9 Å². The van der Waals surface area contributed by atoms with Crippen molar-refractivity contribution in [2.24, 2.45) is 4.99 Å². The molecular weight excluding hydrogens is 378 g/mol. The van der Waals surface area contributed by atoms with Crippen molar-refractivity contribution in [3.8, 4) is 0 Å². The van der Waals surface area contributed by atoms with Crippen LogP contribution in [0.5, 0.6) is 0 Å². The Morgan fingerprint density at radius 2 is 1.67 bits per heavy atom. The van der Waals surface area contributed by atoms with Crippen molar-refractivity contribution in [1.82, 2.24) is 14.7 Å². The van der Waals surface area contributed by atoms with Gasteiger partial charge in [0.15, 0.2) is 12.2 Å². The normalized spacial score (nSPS) is 23.1. The van der Waals surface area contributed by atoms with Crippen LogP contribution in [0, 0.1) is 13.8 Å². The van der Waals surface area contributed by atoms with Crippen molar-refractivity contribution in [2.75, 3.05) is 25.0 Å². The molecule has 3 heterocycles. The topological polar surface area (TPSA) is 59.5 Å². The first-order valence-corrected chi connectivity index (χ1v) is 10.3. The Hall–Kier alpha value is -3.35. The van der Waals surface area contributed by atoms with Crippen LogP contribution < -0.4 is 4.90 Å². The highest BCUT2D eigenvalue weighted by Gasteiger charge is 2.54. The number of amides is 3. The summed E-state index contributed by atoms with van der Waals surface area (Å²) in [5.74, 6) is 0.613. The fraction of sp³-hybridized carbons (Fsp3) is 0.348. The predicted molar refractivity (Wildman–Crippen MR) is 115 cm³/mol. The molecule has 0 aromatic heterocycles. The number of hydrogen-bond donors (Lipinski definition) is 0. The van der Waals surface area contributed by atoms with Crippen molar-refractivity contribution >= 4 is 23.6 Å². The summed E-state index contributed by atoms with van der Waals surface area (Å²) >= 11 is 0. The van der Waals surface area contributed by atoms with E-state index in [9.17, 15) is 9.59 Å². The fourth-order valence-corrected chi connectivity index (χ4v) is 4.63. The minimum absolute atomic E-state index is 0.170. The van der Waals surface area contributed by atoms with Crippen molar-refractivity contribution in [1.29, 1.82) is 0 Å². The first-order valence-electron chi connectivity index (χ1n) is 10.3. The van der Waals surface area contributed by atoms with E-state index < -0.39 is 12.2 Å². The molecule has 0 bridgehead atoms. The molecule has 0 aliphatic carbocycles. The molecule has 0 radical (unpaired) electrons. The van der Waals surface area contributed by atoms with Crippen LogP contribution in [-0.4, -0.2) is 64.9 Å². The highest BCUT2D eigenvalue weighted by atomic mass is 16.2. The van der Waals surface area contributed by atoms with Gasteiger partial charge in [-0.3, -0.25) is 9.69 Å². The third-order valence-corrected chi connectivity index (χ3v) is 6.37. The molecule has 2 unspecified atom stereocenters. The maximum Gasteiger partial charge on any atom is 0.328 e. The monoisotopic (exact) mass is 403 g/mol. The summed E-state index contributed by atoms with van der Waals surface area (Å²) in [6.07, 6.45) is -0.486. The number of nitrogens with zero attached hydrogens (tertiary/aromatic N) is 5. The predicted octanol–water partition coefficient (Wildman–Crippen LogP) is 2.58. The molecule has 2 aromatic rings. The summed E-state index contributed by atoms with van der Waals surface area (Å²) in [6.45, 7) is 5.84. The van der Waals surface area contributed by atoms with Crippen molar-refractivity contribution in [2.45, 2.75) is 32.6 Å². The number of para-hydroxylation sites is 1. The number of carbonyl (C=O) groups excluding carboxylic acids is 2. The lowest BCUT2D eigenvalue weighted by molar-refractivity contribution is -0.137. The van der Waals surface area contributed by atoms with Gasteiger partial charge in [-0.15, -0.1) is 0 Å². The van der Waals surface area contributed by atoms with Gasteiger partial charge >= 0.3 is 6.03 Å². The third kappa shape index (κ3) is 2.69. The molecule has 3 amide bonds. The molecule has 7 nitrogen and oxygen atoms in total. The summed E-state index contributed by atoms with van der Waals surface area (Å²) in [4.78, 5) is 38.6. The average molecular weight is 403 g/mol. The third-order valence-electron chi connectivity index (χ3n) is 6.37. The zero-order chi connectivity index (χ0) is 21.0. The summed E-state index contributed by atoms with van der Waals surface area (Å²) < 4.78 is 0. The Bertz CT molecular complexity index is 1070.